The fourth-order valence-electron chi connectivity index (χ4n) is 2.28. The average molecular weight is 305 g/mol. The van der Waals surface area contributed by atoms with E-state index in [1.165, 1.54) is 0 Å². The monoisotopic (exact) mass is 304 g/mol. The van der Waals surface area contributed by atoms with Crippen molar-refractivity contribution in [2.75, 3.05) is 14.2 Å². The van der Waals surface area contributed by atoms with E-state index >= 15 is 0 Å². The Labute approximate surface area is 129 Å². The third kappa shape index (κ3) is 3.76. The lowest BCUT2D eigenvalue weighted by atomic mass is 9.92. The van der Waals surface area contributed by atoms with Gasteiger partial charge in [-0.2, -0.15) is 0 Å². The van der Waals surface area contributed by atoms with Gasteiger partial charge in [-0.05, 0) is 47.3 Å². The van der Waals surface area contributed by atoms with E-state index in [0.717, 1.165) is 16.9 Å². The van der Waals surface area contributed by atoms with Gasteiger partial charge < -0.3 is 9.47 Å². The highest BCUT2D eigenvalue weighted by Crippen LogP contribution is 2.29. The van der Waals surface area contributed by atoms with Crippen LogP contribution in [0.2, 0.25) is 0 Å². The highest BCUT2D eigenvalue weighted by atomic mass is 35.5. The van der Waals surface area contributed by atoms with Crippen LogP contribution in [0.15, 0.2) is 48.5 Å². The quantitative estimate of drug-likeness (QED) is 0.762. The third-order valence-electron chi connectivity index (χ3n) is 3.39. The van der Waals surface area contributed by atoms with Crippen molar-refractivity contribution in [1.29, 1.82) is 0 Å². The Balaban J connectivity index is 2.33. The van der Waals surface area contributed by atoms with Crippen molar-refractivity contribution in [3.8, 4) is 11.5 Å². The van der Waals surface area contributed by atoms with Gasteiger partial charge in [0.25, 0.3) is 0 Å². The topological polar surface area (TPSA) is 35.5 Å². The van der Waals surface area contributed by atoms with Gasteiger partial charge in [0, 0.05) is 0 Å². The molecule has 4 heteroatoms. The normalized spacial score (nSPS) is 11.8. The van der Waals surface area contributed by atoms with Crippen molar-refractivity contribution in [2.45, 2.75) is 12.3 Å². The van der Waals surface area contributed by atoms with Crippen molar-refractivity contribution in [3.05, 3.63) is 59.7 Å². The summed E-state index contributed by atoms with van der Waals surface area (Å²) in [6.45, 7) is 0. The van der Waals surface area contributed by atoms with Gasteiger partial charge in [-0.25, -0.2) is 0 Å². The molecule has 0 aromatic heterocycles. The Morgan fingerprint density at radius 2 is 1.86 bits per heavy atom. The first-order valence-corrected chi connectivity index (χ1v) is 6.98. The molecule has 0 fully saturated rings. The van der Waals surface area contributed by atoms with Crippen LogP contribution in [0.1, 0.15) is 17.0 Å². The maximum atomic E-state index is 11.8. The van der Waals surface area contributed by atoms with Crippen molar-refractivity contribution in [1.82, 2.24) is 0 Å². The number of methoxy groups -OCH3 is 2. The molecule has 2 aromatic carbocycles. The van der Waals surface area contributed by atoms with Gasteiger partial charge in [-0.1, -0.05) is 30.3 Å². The maximum Gasteiger partial charge on any atom is 0.229 e. The minimum absolute atomic E-state index is 0.394. The second-order valence-electron chi connectivity index (χ2n) is 4.65. The Morgan fingerprint density at radius 1 is 1.10 bits per heavy atom. The Hall–Kier alpha value is -2.00. The zero-order valence-electron chi connectivity index (χ0n) is 12.0. The molecule has 0 heterocycles. The molecule has 2 rings (SSSR count). The van der Waals surface area contributed by atoms with E-state index in [4.69, 9.17) is 21.1 Å². The summed E-state index contributed by atoms with van der Waals surface area (Å²) >= 11 is 5.80. The molecule has 0 N–H and O–H groups in total. The summed E-state index contributed by atoms with van der Waals surface area (Å²) in [6, 6.07) is 15.0. The minimum atomic E-state index is -0.432. The standard InChI is InChI=1S/C17H17ClO3/c1-20-14-8-5-7-12(10-14)15(17(18)19)11-13-6-3-4-9-16(13)21-2/h3-10,15H,11H2,1-2H3. The number of benzene rings is 2. The van der Waals surface area contributed by atoms with Crippen LogP contribution in [-0.2, 0) is 11.2 Å². The summed E-state index contributed by atoms with van der Waals surface area (Å²) in [5.41, 5.74) is 1.78. The SMILES string of the molecule is COc1cccc(C(Cc2ccccc2OC)C(=O)Cl)c1. The largest absolute Gasteiger partial charge is 0.497 e. The summed E-state index contributed by atoms with van der Waals surface area (Å²) in [5, 5.41) is -0.394. The van der Waals surface area contributed by atoms with E-state index in [-0.39, 0.29) is 0 Å². The van der Waals surface area contributed by atoms with E-state index in [0.29, 0.717) is 12.2 Å². The van der Waals surface area contributed by atoms with E-state index < -0.39 is 11.2 Å². The minimum Gasteiger partial charge on any atom is -0.497 e. The number of ether oxygens (including phenoxy) is 2. The van der Waals surface area contributed by atoms with Crippen LogP contribution in [0.4, 0.5) is 0 Å². The summed E-state index contributed by atoms with van der Waals surface area (Å²) < 4.78 is 10.5. The van der Waals surface area contributed by atoms with Crippen molar-refractivity contribution >= 4 is 16.8 Å². The van der Waals surface area contributed by atoms with Crippen LogP contribution >= 0.6 is 11.6 Å². The number of para-hydroxylation sites is 1. The molecule has 0 spiro atoms. The molecule has 1 atom stereocenters. The second-order valence-corrected chi connectivity index (χ2v) is 5.02. The molecule has 3 nitrogen and oxygen atoms in total. The van der Waals surface area contributed by atoms with Gasteiger partial charge >= 0.3 is 0 Å². The fraction of sp³-hybridized carbons (Fsp3) is 0.235. The smallest absolute Gasteiger partial charge is 0.229 e. The predicted octanol–water partition coefficient (Wildman–Crippen LogP) is 3.80. The lowest BCUT2D eigenvalue weighted by molar-refractivity contribution is -0.113. The average Bonchev–Trinajstić information content (AvgIpc) is 2.52. The zero-order valence-corrected chi connectivity index (χ0v) is 12.8. The number of hydrogen-bond acceptors (Lipinski definition) is 3. The van der Waals surface area contributed by atoms with Crippen LogP contribution in [-0.4, -0.2) is 19.5 Å². The molecule has 0 saturated heterocycles. The van der Waals surface area contributed by atoms with Crippen molar-refractivity contribution in [3.63, 3.8) is 0 Å². The number of carbonyl (C=O) groups excluding carboxylic acids is 1. The van der Waals surface area contributed by atoms with Gasteiger partial charge in [0.2, 0.25) is 5.24 Å². The molecular formula is C17H17ClO3. The van der Waals surface area contributed by atoms with E-state index in [2.05, 4.69) is 0 Å². The highest BCUT2D eigenvalue weighted by Gasteiger charge is 2.21. The molecule has 0 aliphatic heterocycles. The van der Waals surface area contributed by atoms with E-state index in [1.54, 1.807) is 14.2 Å². The molecule has 0 amide bonds. The van der Waals surface area contributed by atoms with Crippen LogP contribution < -0.4 is 9.47 Å². The van der Waals surface area contributed by atoms with Gasteiger partial charge in [0.1, 0.15) is 11.5 Å². The number of rotatable bonds is 6. The molecule has 0 saturated carbocycles. The van der Waals surface area contributed by atoms with Crippen LogP contribution in [0, 0.1) is 0 Å². The molecule has 1 unspecified atom stereocenters. The second kappa shape index (κ2) is 7.14. The lowest BCUT2D eigenvalue weighted by Crippen LogP contribution is -2.11. The number of hydrogen-bond donors (Lipinski definition) is 0. The molecule has 110 valence electrons. The predicted molar refractivity (Wildman–Crippen MR) is 83.3 cm³/mol. The molecule has 0 aliphatic carbocycles. The van der Waals surface area contributed by atoms with Gasteiger partial charge in [-0.3, -0.25) is 4.79 Å². The Bertz CT molecular complexity index is 625. The van der Waals surface area contributed by atoms with Crippen LogP contribution in [0.25, 0.3) is 0 Å². The Kier molecular flexibility index (Phi) is 5.23. The van der Waals surface area contributed by atoms with E-state index in [9.17, 15) is 4.79 Å². The molecule has 0 aliphatic rings. The number of halogens is 1. The van der Waals surface area contributed by atoms with Crippen LogP contribution in [0.3, 0.4) is 0 Å². The zero-order chi connectivity index (χ0) is 15.2. The Morgan fingerprint density at radius 3 is 2.52 bits per heavy atom. The first kappa shape index (κ1) is 15.4. The number of carbonyl (C=O) groups is 1. The summed E-state index contributed by atoms with van der Waals surface area (Å²) in [5.74, 6) is 1.02. The molecule has 2 aromatic rings. The molecule has 0 bridgehead atoms. The summed E-state index contributed by atoms with van der Waals surface area (Å²) in [4.78, 5) is 11.8. The molecule has 21 heavy (non-hydrogen) atoms. The van der Waals surface area contributed by atoms with Gasteiger partial charge in [0.15, 0.2) is 0 Å². The molecular weight excluding hydrogens is 288 g/mol. The first-order chi connectivity index (χ1) is 10.2. The van der Waals surface area contributed by atoms with Crippen molar-refractivity contribution in [2.24, 2.45) is 0 Å². The first-order valence-electron chi connectivity index (χ1n) is 6.61. The lowest BCUT2D eigenvalue weighted by Gasteiger charge is -2.16. The summed E-state index contributed by atoms with van der Waals surface area (Å²) in [7, 11) is 3.21. The van der Waals surface area contributed by atoms with Crippen molar-refractivity contribution < 1.29 is 14.3 Å². The highest BCUT2D eigenvalue weighted by molar-refractivity contribution is 6.64. The van der Waals surface area contributed by atoms with Gasteiger partial charge in [-0.15, -0.1) is 0 Å². The summed E-state index contributed by atoms with van der Waals surface area (Å²) in [6.07, 6.45) is 0.486. The third-order valence-corrected chi connectivity index (χ3v) is 3.65. The van der Waals surface area contributed by atoms with E-state index in [1.807, 2.05) is 48.5 Å². The van der Waals surface area contributed by atoms with Crippen LogP contribution in [0.5, 0.6) is 11.5 Å². The fourth-order valence-corrected chi connectivity index (χ4v) is 2.48. The maximum absolute atomic E-state index is 11.8. The van der Waals surface area contributed by atoms with Gasteiger partial charge in [0.05, 0.1) is 20.1 Å². The molecule has 0 radical (unpaired) electrons.